The van der Waals surface area contributed by atoms with E-state index in [9.17, 15) is 13.9 Å². The molecule has 0 aliphatic heterocycles. The van der Waals surface area contributed by atoms with Crippen LogP contribution in [0, 0.1) is 25.5 Å². The first-order chi connectivity index (χ1) is 8.34. The number of aliphatic hydroxyl groups is 1. The molecule has 0 aliphatic rings. The third-order valence-electron chi connectivity index (χ3n) is 2.99. The van der Waals surface area contributed by atoms with Crippen molar-refractivity contribution in [3.8, 4) is 0 Å². The van der Waals surface area contributed by atoms with Crippen LogP contribution in [-0.4, -0.2) is 5.11 Å². The van der Waals surface area contributed by atoms with E-state index in [1.165, 1.54) is 30.4 Å². The van der Waals surface area contributed by atoms with Crippen LogP contribution in [0.15, 0.2) is 24.3 Å². The van der Waals surface area contributed by atoms with Crippen molar-refractivity contribution in [1.82, 2.24) is 0 Å². The average Bonchev–Trinajstić information content (AvgIpc) is 2.71. The molecule has 0 amide bonds. The summed E-state index contributed by atoms with van der Waals surface area (Å²) in [5.41, 5.74) is -1.62. The molecule has 0 radical (unpaired) electrons. The van der Waals surface area contributed by atoms with Gasteiger partial charge in [-0.3, -0.25) is 0 Å². The molecule has 2 aromatic rings. The monoisotopic (exact) mass is 268 g/mol. The van der Waals surface area contributed by atoms with Crippen molar-refractivity contribution in [2.75, 3.05) is 0 Å². The maximum atomic E-state index is 14.1. The van der Waals surface area contributed by atoms with Gasteiger partial charge in [-0.15, -0.1) is 11.3 Å². The molecule has 96 valence electrons. The van der Waals surface area contributed by atoms with Crippen LogP contribution in [0.4, 0.5) is 8.78 Å². The molecule has 2 rings (SSSR count). The molecule has 1 aromatic carbocycles. The summed E-state index contributed by atoms with van der Waals surface area (Å²) in [4.78, 5) is 1.52. The maximum absolute atomic E-state index is 14.1. The van der Waals surface area contributed by atoms with Crippen LogP contribution in [0.3, 0.4) is 0 Å². The number of hydrogen-bond acceptors (Lipinski definition) is 2. The fraction of sp³-hybridized carbons (Fsp3) is 0.286. The fourth-order valence-corrected chi connectivity index (χ4v) is 2.84. The topological polar surface area (TPSA) is 20.2 Å². The Morgan fingerprint density at radius 1 is 1.11 bits per heavy atom. The Morgan fingerprint density at radius 2 is 1.78 bits per heavy atom. The minimum atomic E-state index is -1.65. The third kappa shape index (κ3) is 2.06. The quantitative estimate of drug-likeness (QED) is 0.875. The van der Waals surface area contributed by atoms with E-state index < -0.39 is 17.2 Å². The van der Waals surface area contributed by atoms with Gasteiger partial charge in [0.2, 0.25) is 0 Å². The van der Waals surface area contributed by atoms with E-state index in [0.29, 0.717) is 10.4 Å². The highest BCUT2D eigenvalue weighted by Gasteiger charge is 2.34. The van der Waals surface area contributed by atoms with E-state index in [1.54, 1.807) is 13.0 Å². The zero-order valence-electron chi connectivity index (χ0n) is 10.4. The second-order valence-corrected chi connectivity index (χ2v) is 5.82. The first-order valence-corrected chi connectivity index (χ1v) is 6.40. The predicted octanol–water partition coefficient (Wildman–Crippen LogP) is 3.90. The molecule has 1 heterocycles. The molecule has 1 aromatic heterocycles. The van der Waals surface area contributed by atoms with Crippen molar-refractivity contribution in [2.45, 2.75) is 26.4 Å². The molecule has 1 unspecified atom stereocenters. The normalized spacial score (nSPS) is 14.6. The van der Waals surface area contributed by atoms with Crippen molar-refractivity contribution < 1.29 is 13.9 Å². The Labute approximate surface area is 109 Å². The highest BCUT2D eigenvalue weighted by atomic mass is 32.1. The first kappa shape index (κ1) is 13.2. The van der Waals surface area contributed by atoms with E-state index in [4.69, 9.17) is 0 Å². The molecule has 0 aliphatic carbocycles. The SMILES string of the molecule is Cc1ccc(C(C)(O)c2c(F)ccc(C)c2F)s1. The average molecular weight is 268 g/mol. The van der Waals surface area contributed by atoms with Gasteiger partial charge in [0.25, 0.3) is 0 Å². The van der Waals surface area contributed by atoms with E-state index in [2.05, 4.69) is 0 Å². The van der Waals surface area contributed by atoms with Crippen LogP contribution in [0.25, 0.3) is 0 Å². The van der Waals surface area contributed by atoms with Crippen LogP contribution in [0.1, 0.15) is 27.8 Å². The van der Waals surface area contributed by atoms with Gasteiger partial charge in [-0.05, 0) is 44.5 Å². The Kier molecular flexibility index (Phi) is 3.25. The lowest BCUT2D eigenvalue weighted by atomic mass is 9.92. The minimum Gasteiger partial charge on any atom is -0.380 e. The van der Waals surface area contributed by atoms with Crippen LogP contribution >= 0.6 is 11.3 Å². The zero-order chi connectivity index (χ0) is 13.5. The summed E-state index contributed by atoms with van der Waals surface area (Å²) < 4.78 is 27.9. The molecule has 1 N–H and O–H groups in total. The molecule has 0 saturated heterocycles. The van der Waals surface area contributed by atoms with E-state index in [0.717, 1.165) is 4.88 Å². The molecular formula is C14H14F2OS. The molecule has 1 nitrogen and oxygen atoms in total. The lowest BCUT2D eigenvalue weighted by molar-refractivity contribution is 0.0971. The Bertz CT molecular complexity index is 587. The Balaban J connectivity index is 2.64. The van der Waals surface area contributed by atoms with Gasteiger partial charge in [0.05, 0.1) is 5.56 Å². The summed E-state index contributed by atoms with van der Waals surface area (Å²) in [6.07, 6.45) is 0. The summed E-state index contributed by atoms with van der Waals surface area (Å²) in [6, 6.07) is 6.06. The molecule has 0 fully saturated rings. The standard InChI is InChI=1S/C14H14F2OS/c1-8-4-6-10(15)12(13(8)16)14(3,17)11-7-5-9(2)18-11/h4-7,17H,1-3H3. The van der Waals surface area contributed by atoms with Crippen LogP contribution in [0.2, 0.25) is 0 Å². The number of thiophene rings is 1. The van der Waals surface area contributed by atoms with Gasteiger partial charge in [-0.1, -0.05) is 6.07 Å². The summed E-state index contributed by atoms with van der Waals surface area (Å²) in [5.74, 6) is -1.42. The number of hydrogen-bond donors (Lipinski definition) is 1. The van der Waals surface area contributed by atoms with Gasteiger partial charge in [-0.2, -0.15) is 0 Å². The largest absolute Gasteiger partial charge is 0.380 e. The molecule has 0 spiro atoms. The predicted molar refractivity (Wildman–Crippen MR) is 68.8 cm³/mol. The van der Waals surface area contributed by atoms with Crippen LogP contribution in [-0.2, 0) is 5.60 Å². The maximum Gasteiger partial charge on any atom is 0.135 e. The molecule has 18 heavy (non-hydrogen) atoms. The first-order valence-electron chi connectivity index (χ1n) is 5.58. The Hall–Kier alpha value is -1.26. The van der Waals surface area contributed by atoms with Gasteiger partial charge < -0.3 is 5.11 Å². The van der Waals surface area contributed by atoms with E-state index >= 15 is 0 Å². The van der Waals surface area contributed by atoms with Gasteiger partial charge in [-0.25, -0.2) is 8.78 Å². The van der Waals surface area contributed by atoms with Gasteiger partial charge in [0.1, 0.15) is 17.2 Å². The molecule has 0 bridgehead atoms. The number of benzene rings is 1. The molecule has 1 atom stereocenters. The van der Waals surface area contributed by atoms with E-state index in [1.807, 2.05) is 13.0 Å². The van der Waals surface area contributed by atoms with Crippen molar-refractivity contribution in [1.29, 1.82) is 0 Å². The number of rotatable bonds is 2. The highest BCUT2D eigenvalue weighted by molar-refractivity contribution is 7.12. The van der Waals surface area contributed by atoms with Crippen LogP contribution < -0.4 is 0 Å². The second kappa shape index (κ2) is 4.44. The van der Waals surface area contributed by atoms with Gasteiger partial charge in [0.15, 0.2) is 0 Å². The zero-order valence-corrected chi connectivity index (χ0v) is 11.2. The molecule has 0 saturated carbocycles. The third-order valence-corrected chi connectivity index (χ3v) is 4.20. The van der Waals surface area contributed by atoms with Crippen molar-refractivity contribution in [2.24, 2.45) is 0 Å². The van der Waals surface area contributed by atoms with Gasteiger partial charge >= 0.3 is 0 Å². The molecule has 4 heteroatoms. The van der Waals surface area contributed by atoms with Crippen molar-refractivity contribution in [3.05, 3.63) is 56.8 Å². The lowest BCUT2D eigenvalue weighted by Crippen LogP contribution is -2.25. The smallest absolute Gasteiger partial charge is 0.135 e. The van der Waals surface area contributed by atoms with E-state index in [-0.39, 0.29) is 5.56 Å². The van der Waals surface area contributed by atoms with Crippen molar-refractivity contribution in [3.63, 3.8) is 0 Å². The Morgan fingerprint density at radius 3 is 2.33 bits per heavy atom. The summed E-state index contributed by atoms with van der Waals surface area (Å²) in [7, 11) is 0. The number of halogens is 2. The number of aryl methyl sites for hydroxylation is 2. The van der Waals surface area contributed by atoms with Gasteiger partial charge in [0, 0.05) is 9.75 Å². The lowest BCUT2D eigenvalue weighted by Gasteiger charge is -2.24. The summed E-state index contributed by atoms with van der Waals surface area (Å²) >= 11 is 1.33. The van der Waals surface area contributed by atoms with Crippen LogP contribution in [0.5, 0.6) is 0 Å². The highest BCUT2D eigenvalue weighted by Crippen LogP contribution is 2.37. The minimum absolute atomic E-state index is 0.288. The second-order valence-electron chi connectivity index (χ2n) is 4.54. The molecular weight excluding hydrogens is 254 g/mol. The summed E-state index contributed by atoms with van der Waals surface area (Å²) in [5, 5.41) is 10.5. The fourth-order valence-electron chi connectivity index (χ4n) is 1.92. The summed E-state index contributed by atoms with van der Waals surface area (Å²) in [6.45, 7) is 4.85. The van der Waals surface area contributed by atoms with Crippen molar-refractivity contribution >= 4 is 11.3 Å².